The highest BCUT2D eigenvalue weighted by Gasteiger charge is 2.26. The van der Waals surface area contributed by atoms with Crippen molar-refractivity contribution in [2.24, 2.45) is 0 Å². The summed E-state index contributed by atoms with van der Waals surface area (Å²) in [6, 6.07) is 13.6. The molecule has 1 fully saturated rings. The van der Waals surface area contributed by atoms with Crippen LogP contribution in [0.4, 0.5) is 0 Å². The van der Waals surface area contributed by atoms with E-state index in [0.29, 0.717) is 48.3 Å². The van der Waals surface area contributed by atoms with E-state index >= 15 is 0 Å². The minimum Gasteiger partial charge on any atom is -0.486 e. The lowest BCUT2D eigenvalue weighted by Crippen LogP contribution is -2.42. The van der Waals surface area contributed by atoms with E-state index in [-0.39, 0.29) is 24.7 Å². The van der Waals surface area contributed by atoms with Crippen molar-refractivity contribution in [1.82, 2.24) is 14.2 Å². The van der Waals surface area contributed by atoms with Crippen LogP contribution in [-0.4, -0.2) is 67.1 Å². The first-order chi connectivity index (χ1) is 17.0. The maximum atomic E-state index is 13.6. The van der Waals surface area contributed by atoms with Crippen LogP contribution in [-0.2, 0) is 34.5 Å². The van der Waals surface area contributed by atoms with Crippen molar-refractivity contribution in [2.75, 3.05) is 39.4 Å². The number of ether oxygens (including phenoxy) is 2. The van der Waals surface area contributed by atoms with Crippen molar-refractivity contribution in [3.05, 3.63) is 75.2 Å². The van der Waals surface area contributed by atoms with Crippen molar-refractivity contribution < 1.29 is 23.0 Å². The molecule has 8 nitrogen and oxygen atoms in total. The summed E-state index contributed by atoms with van der Waals surface area (Å²) in [6.07, 6.45) is 0. The third-order valence-corrected chi connectivity index (χ3v) is 8.60. The standard InChI is InChI=1S/C24H28ClN3O5S2/c25-20-6-7-23(33-17-24-26-21(16-29)18-34-24)19(14-20)15-28(9-8-27-10-12-32-13-11-27)35(30,31)22-4-2-1-3-5-22/h1-7,14,18,29H,8-13,15-17H2. The highest BCUT2D eigenvalue weighted by molar-refractivity contribution is 7.89. The van der Waals surface area contributed by atoms with Gasteiger partial charge in [-0.25, -0.2) is 13.4 Å². The predicted molar refractivity (Wildman–Crippen MR) is 135 cm³/mol. The SMILES string of the molecule is O=S(=O)(c1ccccc1)N(CCN1CCOCC1)Cc1cc(Cl)ccc1OCc1nc(CO)cs1. The molecular formula is C24H28ClN3O5S2. The normalized spacial score (nSPS) is 14.9. The quantitative estimate of drug-likeness (QED) is 0.401. The van der Waals surface area contributed by atoms with E-state index in [2.05, 4.69) is 9.88 Å². The van der Waals surface area contributed by atoms with Gasteiger partial charge in [0.2, 0.25) is 10.0 Å². The van der Waals surface area contributed by atoms with Crippen molar-refractivity contribution in [1.29, 1.82) is 0 Å². The highest BCUT2D eigenvalue weighted by atomic mass is 35.5. The van der Waals surface area contributed by atoms with Crippen molar-refractivity contribution in [3.63, 3.8) is 0 Å². The Morgan fingerprint density at radius 3 is 2.66 bits per heavy atom. The number of halogens is 1. The van der Waals surface area contributed by atoms with Crippen LogP contribution in [0.3, 0.4) is 0 Å². The molecule has 1 aromatic heterocycles. The summed E-state index contributed by atoms with van der Waals surface area (Å²) in [5, 5.41) is 12.2. The first-order valence-electron chi connectivity index (χ1n) is 11.3. The molecule has 0 bridgehead atoms. The lowest BCUT2D eigenvalue weighted by atomic mass is 10.2. The number of aliphatic hydroxyl groups is 1. The third-order valence-electron chi connectivity index (χ3n) is 5.63. The molecule has 2 heterocycles. The van der Waals surface area contributed by atoms with Crippen LogP contribution in [0.1, 0.15) is 16.3 Å². The van der Waals surface area contributed by atoms with Gasteiger partial charge in [-0.2, -0.15) is 4.31 Å². The third kappa shape index (κ3) is 7.01. The molecule has 0 amide bonds. The van der Waals surface area contributed by atoms with Crippen LogP contribution >= 0.6 is 22.9 Å². The van der Waals surface area contributed by atoms with Crippen LogP contribution < -0.4 is 4.74 Å². The zero-order chi connectivity index (χ0) is 24.7. The summed E-state index contributed by atoms with van der Waals surface area (Å²) in [5.41, 5.74) is 1.26. The molecule has 1 aliphatic rings. The lowest BCUT2D eigenvalue weighted by Gasteiger charge is -2.30. The van der Waals surface area contributed by atoms with E-state index in [1.807, 2.05) is 0 Å². The van der Waals surface area contributed by atoms with Gasteiger partial charge in [-0.3, -0.25) is 4.90 Å². The zero-order valence-electron chi connectivity index (χ0n) is 19.2. The van der Waals surface area contributed by atoms with E-state index in [0.717, 1.165) is 18.1 Å². The summed E-state index contributed by atoms with van der Waals surface area (Å²) in [7, 11) is -3.76. The Kier molecular flexibility index (Phi) is 9.12. The Bertz CT molecular complexity index is 1200. The van der Waals surface area contributed by atoms with Gasteiger partial charge < -0.3 is 14.6 Å². The molecule has 1 N–H and O–H groups in total. The van der Waals surface area contributed by atoms with Gasteiger partial charge in [-0.05, 0) is 30.3 Å². The Morgan fingerprint density at radius 2 is 1.94 bits per heavy atom. The van der Waals surface area contributed by atoms with Gasteiger partial charge in [0.25, 0.3) is 0 Å². The molecule has 0 atom stereocenters. The summed E-state index contributed by atoms with van der Waals surface area (Å²) in [4.78, 5) is 6.75. The number of aliphatic hydroxyl groups excluding tert-OH is 1. The summed E-state index contributed by atoms with van der Waals surface area (Å²) < 4.78 is 40.1. The molecule has 1 aliphatic heterocycles. The number of hydrogen-bond acceptors (Lipinski definition) is 8. The second-order valence-electron chi connectivity index (χ2n) is 8.04. The number of morpholine rings is 1. The molecular weight excluding hydrogens is 510 g/mol. The average Bonchev–Trinajstić information content (AvgIpc) is 3.35. The van der Waals surface area contributed by atoms with Crippen molar-refractivity contribution in [2.45, 2.75) is 24.7 Å². The summed E-state index contributed by atoms with van der Waals surface area (Å²) in [5.74, 6) is 0.537. The van der Waals surface area contributed by atoms with E-state index < -0.39 is 10.0 Å². The summed E-state index contributed by atoms with van der Waals surface area (Å²) in [6.45, 7) is 3.93. The Balaban J connectivity index is 1.56. The molecule has 35 heavy (non-hydrogen) atoms. The van der Waals surface area contributed by atoms with Crippen LogP contribution in [0.5, 0.6) is 5.75 Å². The van der Waals surface area contributed by atoms with E-state index in [1.165, 1.54) is 15.6 Å². The smallest absolute Gasteiger partial charge is 0.243 e. The monoisotopic (exact) mass is 537 g/mol. The molecule has 188 valence electrons. The topological polar surface area (TPSA) is 92.2 Å². The molecule has 2 aromatic carbocycles. The van der Waals surface area contributed by atoms with Gasteiger partial charge >= 0.3 is 0 Å². The molecule has 0 unspecified atom stereocenters. The predicted octanol–water partition coefficient (Wildman–Crippen LogP) is 3.39. The molecule has 3 aromatic rings. The van der Waals surface area contributed by atoms with E-state index in [1.54, 1.807) is 53.9 Å². The number of nitrogens with zero attached hydrogens (tertiary/aromatic N) is 3. The number of hydrogen-bond donors (Lipinski definition) is 1. The van der Waals surface area contributed by atoms with Gasteiger partial charge in [0.15, 0.2) is 0 Å². The largest absolute Gasteiger partial charge is 0.486 e. The lowest BCUT2D eigenvalue weighted by molar-refractivity contribution is 0.0361. The Labute approximate surface area is 214 Å². The van der Waals surface area contributed by atoms with Gasteiger partial charge in [0, 0.05) is 48.7 Å². The number of rotatable bonds is 11. The molecule has 0 radical (unpaired) electrons. The molecule has 0 aliphatic carbocycles. The fourth-order valence-electron chi connectivity index (χ4n) is 3.73. The Morgan fingerprint density at radius 1 is 1.17 bits per heavy atom. The van der Waals surface area contributed by atoms with E-state index in [9.17, 15) is 13.5 Å². The van der Waals surface area contributed by atoms with Gasteiger partial charge in [-0.15, -0.1) is 11.3 Å². The first-order valence-corrected chi connectivity index (χ1v) is 14.0. The maximum absolute atomic E-state index is 13.6. The fraction of sp³-hybridized carbons (Fsp3) is 0.375. The molecule has 0 saturated carbocycles. The fourth-order valence-corrected chi connectivity index (χ4v) is 6.05. The second kappa shape index (κ2) is 12.3. The van der Waals surface area contributed by atoms with E-state index in [4.69, 9.17) is 21.1 Å². The average molecular weight is 538 g/mol. The number of aromatic nitrogens is 1. The first kappa shape index (κ1) is 26.0. The number of benzene rings is 2. The van der Waals surface area contributed by atoms with Crippen LogP contribution in [0.15, 0.2) is 58.8 Å². The highest BCUT2D eigenvalue weighted by Crippen LogP contribution is 2.28. The van der Waals surface area contributed by atoms with Gasteiger partial charge in [0.1, 0.15) is 17.4 Å². The van der Waals surface area contributed by atoms with Gasteiger partial charge in [-0.1, -0.05) is 29.8 Å². The number of sulfonamides is 1. The van der Waals surface area contributed by atoms with Crippen LogP contribution in [0.2, 0.25) is 5.02 Å². The maximum Gasteiger partial charge on any atom is 0.243 e. The molecule has 1 saturated heterocycles. The zero-order valence-corrected chi connectivity index (χ0v) is 21.6. The molecule has 11 heteroatoms. The molecule has 0 spiro atoms. The van der Waals surface area contributed by atoms with Crippen LogP contribution in [0, 0.1) is 0 Å². The Hall–Kier alpha value is -2.05. The van der Waals surface area contributed by atoms with Crippen LogP contribution in [0.25, 0.3) is 0 Å². The van der Waals surface area contributed by atoms with Crippen molar-refractivity contribution in [3.8, 4) is 5.75 Å². The van der Waals surface area contributed by atoms with Gasteiger partial charge in [0.05, 0.1) is 30.4 Å². The molecule has 4 rings (SSSR count). The van der Waals surface area contributed by atoms with Crippen molar-refractivity contribution >= 4 is 33.0 Å². The summed E-state index contributed by atoms with van der Waals surface area (Å²) >= 11 is 7.68. The second-order valence-corrected chi connectivity index (χ2v) is 11.4. The minimum absolute atomic E-state index is 0.108. The minimum atomic E-state index is -3.76. The number of thiazole rings is 1.